The fraction of sp³-hybridized carbons (Fsp3) is 0.636. The van der Waals surface area contributed by atoms with Crippen molar-refractivity contribution in [1.82, 2.24) is 0 Å². The van der Waals surface area contributed by atoms with Gasteiger partial charge < -0.3 is 14.2 Å². The Balaban J connectivity index is 2.34. The molecule has 0 radical (unpaired) electrons. The number of hydrogen-bond donors (Lipinski definition) is 0. The van der Waals surface area contributed by atoms with Crippen molar-refractivity contribution in [3.8, 4) is 0 Å². The number of esters is 2. The van der Waals surface area contributed by atoms with Gasteiger partial charge in [0, 0.05) is 6.42 Å². The minimum atomic E-state index is -0.789. The normalized spacial score (nSPS) is 19.7. The van der Waals surface area contributed by atoms with E-state index in [2.05, 4.69) is 11.3 Å². The van der Waals surface area contributed by atoms with Gasteiger partial charge in [0.05, 0.1) is 24.9 Å². The molecular formula is C11H16O5. The molecule has 0 bridgehead atoms. The van der Waals surface area contributed by atoms with Crippen LogP contribution in [0, 0.1) is 0 Å². The molecule has 1 aliphatic heterocycles. The molecule has 1 unspecified atom stereocenters. The van der Waals surface area contributed by atoms with Gasteiger partial charge in [-0.25, -0.2) is 9.59 Å². The Hall–Kier alpha value is -1.36. The lowest BCUT2D eigenvalue weighted by molar-refractivity contribution is -0.157. The van der Waals surface area contributed by atoms with Crippen LogP contribution in [0.25, 0.3) is 0 Å². The Kier molecular flexibility index (Phi) is 4.49. The standard InChI is InChI=1S/C11H16O5/c1-7(2)15-6-8(3)10(12)16-9-4-5-14-11(9)13/h7,9H,3-6H2,1-2H3. The van der Waals surface area contributed by atoms with Crippen molar-refractivity contribution in [1.29, 1.82) is 0 Å². The molecule has 0 amide bonds. The molecule has 0 spiro atoms. The Morgan fingerprint density at radius 2 is 2.31 bits per heavy atom. The molecule has 0 aromatic carbocycles. The molecule has 0 aliphatic carbocycles. The Labute approximate surface area is 94.4 Å². The number of cyclic esters (lactones) is 1. The molecule has 5 heteroatoms. The van der Waals surface area contributed by atoms with E-state index in [1.807, 2.05) is 13.8 Å². The van der Waals surface area contributed by atoms with E-state index in [1.54, 1.807) is 0 Å². The summed E-state index contributed by atoms with van der Waals surface area (Å²) in [5.74, 6) is -1.10. The lowest BCUT2D eigenvalue weighted by Crippen LogP contribution is -2.24. The van der Waals surface area contributed by atoms with Crippen LogP contribution in [0.1, 0.15) is 20.3 Å². The van der Waals surface area contributed by atoms with Gasteiger partial charge in [-0.05, 0) is 13.8 Å². The molecule has 0 aromatic heterocycles. The Bertz CT molecular complexity index is 295. The topological polar surface area (TPSA) is 61.8 Å². The smallest absolute Gasteiger partial charge is 0.347 e. The summed E-state index contributed by atoms with van der Waals surface area (Å²) in [6.07, 6.45) is -0.368. The second-order valence-corrected chi connectivity index (χ2v) is 3.81. The van der Waals surface area contributed by atoms with Crippen LogP contribution in [0.5, 0.6) is 0 Å². The van der Waals surface area contributed by atoms with E-state index < -0.39 is 18.0 Å². The molecule has 16 heavy (non-hydrogen) atoms. The summed E-state index contributed by atoms with van der Waals surface area (Å²) in [4.78, 5) is 22.5. The van der Waals surface area contributed by atoms with Crippen LogP contribution in [0.3, 0.4) is 0 Å². The average Bonchev–Trinajstić information content (AvgIpc) is 2.60. The highest BCUT2D eigenvalue weighted by molar-refractivity contribution is 5.90. The molecule has 1 fully saturated rings. The highest BCUT2D eigenvalue weighted by Crippen LogP contribution is 2.12. The maximum Gasteiger partial charge on any atom is 0.347 e. The van der Waals surface area contributed by atoms with Crippen molar-refractivity contribution < 1.29 is 23.8 Å². The van der Waals surface area contributed by atoms with Gasteiger partial charge >= 0.3 is 11.9 Å². The molecule has 1 saturated heterocycles. The zero-order chi connectivity index (χ0) is 12.1. The van der Waals surface area contributed by atoms with Crippen molar-refractivity contribution in [2.45, 2.75) is 32.5 Å². The quantitative estimate of drug-likeness (QED) is 0.515. The minimum absolute atomic E-state index is 0.0148. The van der Waals surface area contributed by atoms with Gasteiger partial charge in [-0.3, -0.25) is 0 Å². The summed E-state index contributed by atoms with van der Waals surface area (Å²) in [6.45, 7) is 7.66. The van der Waals surface area contributed by atoms with Crippen LogP contribution in [0.2, 0.25) is 0 Å². The number of carbonyl (C=O) groups is 2. The van der Waals surface area contributed by atoms with Gasteiger partial charge in [-0.2, -0.15) is 0 Å². The predicted octanol–water partition coefficient (Wildman–Crippen LogP) is 0.826. The van der Waals surface area contributed by atoms with Crippen LogP contribution in [0.4, 0.5) is 0 Å². The van der Waals surface area contributed by atoms with Crippen LogP contribution >= 0.6 is 0 Å². The third-order valence-electron chi connectivity index (χ3n) is 2.02. The van der Waals surface area contributed by atoms with Gasteiger partial charge in [0.1, 0.15) is 0 Å². The van der Waals surface area contributed by atoms with Gasteiger partial charge in [-0.15, -0.1) is 0 Å². The Morgan fingerprint density at radius 1 is 1.62 bits per heavy atom. The van der Waals surface area contributed by atoms with Crippen LogP contribution in [-0.2, 0) is 23.8 Å². The number of rotatable bonds is 5. The summed E-state index contributed by atoms with van der Waals surface area (Å²) in [5, 5.41) is 0. The van der Waals surface area contributed by atoms with E-state index in [0.717, 1.165) is 0 Å². The summed E-state index contributed by atoms with van der Waals surface area (Å²) >= 11 is 0. The first-order chi connectivity index (χ1) is 7.50. The number of ether oxygens (including phenoxy) is 3. The fourth-order valence-corrected chi connectivity index (χ4v) is 1.12. The number of carbonyl (C=O) groups excluding carboxylic acids is 2. The van der Waals surface area contributed by atoms with Crippen LogP contribution in [0.15, 0.2) is 12.2 Å². The van der Waals surface area contributed by atoms with E-state index in [9.17, 15) is 9.59 Å². The van der Waals surface area contributed by atoms with E-state index in [0.29, 0.717) is 13.0 Å². The molecule has 0 N–H and O–H groups in total. The monoisotopic (exact) mass is 228 g/mol. The van der Waals surface area contributed by atoms with Crippen LogP contribution in [-0.4, -0.2) is 37.4 Å². The van der Waals surface area contributed by atoms with Gasteiger partial charge in [-0.1, -0.05) is 6.58 Å². The van der Waals surface area contributed by atoms with Gasteiger partial charge in [0.2, 0.25) is 6.10 Å². The predicted molar refractivity (Wildman–Crippen MR) is 55.7 cm³/mol. The molecule has 1 heterocycles. The maximum absolute atomic E-state index is 11.4. The maximum atomic E-state index is 11.4. The van der Waals surface area contributed by atoms with Crippen molar-refractivity contribution >= 4 is 11.9 Å². The molecule has 0 saturated carbocycles. The van der Waals surface area contributed by atoms with Gasteiger partial charge in [0.15, 0.2) is 0 Å². The second-order valence-electron chi connectivity index (χ2n) is 3.81. The van der Waals surface area contributed by atoms with Crippen molar-refractivity contribution in [3.63, 3.8) is 0 Å². The first-order valence-electron chi connectivity index (χ1n) is 5.17. The summed E-state index contributed by atoms with van der Waals surface area (Å²) in [7, 11) is 0. The average molecular weight is 228 g/mol. The minimum Gasteiger partial charge on any atom is -0.463 e. The third-order valence-corrected chi connectivity index (χ3v) is 2.02. The molecule has 5 nitrogen and oxygen atoms in total. The molecule has 90 valence electrons. The molecule has 1 atom stereocenters. The van der Waals surface area contributed by atoms with Crippen molar-refractivity contribution in [2.75, 3.05) is 13.2 Å². The van der Waals surface area contributed by atoms with Crippen LogP contribution < -0.4 is 0 Å². The highest BCUT2D eigenvalue weighted by Gasteiger charge is 2.30. The largest absolute Gasteiger partial charge is 0.463 e. The number of hydrogen-bond acceptors (Lipinski definition) is 5. The van der Waals surface area contributed by atoms with E-state index in [-0.39, 0.29) is 18.3 Å². The third kappa shape index (κ3) is 3.66. The fourth-order valence-electron chi connectivity index (χ4n) is 1.12. The van der Waals surface area contributed by atoms with Crippen molar-refractivity contribution in [2.24, 2.45) is 0 Å². The lowest BCUT2D eigenvalue weighted by atomic mass is 10.3. The second kappa shape index (κ2) is 5.65. The summed E-state index contributed by atoms with van der Waals surface area (Å²) in [5.41, 5.74) is 0.202. The van der Waals surface area contributed by atoms with E-state index in [1.165, 1.54) is 0 Å². The molecule has 1 rings (SSSR count). The zero-order valence-electron chi connectivity index (χ0n) is 9.52. The van der Waals surface area contributed by atoms with E-state index in [4.69, 9.17) is 9.47 Å². The van der Waals surface area contributed by atoms with E-state index >= 15 is 0 Å². The molecular weight excluding hydrogens is 212 g/mol. The first kappa shape index (κ1) is 12.7. The zero-order valence-corrected chi connectivity index (χ0v) is 9.52. The SMILES string of the molecule is C=C(COC(C)C)C(=O)OC1CCOC1=O. The summed E-state index contributed by atoms with van der Waals surface area (Å²) in [6, 6.07) is 0. The van der Waals surface area contributed by atoms with Gasteiger partial charge in [0.25, 0.3) is 0 Å². The highest BCUT2D eigenvalue weighted by atomic mass is 16.6. The molecule has 0 aromatic rings. The first-order valence-corrected chi connectivity index (χ1v) is 5.17. The van der Waals surface area contributed by atoms with Crippen molar-refractivity contribution in [3.05, 3.63) is 12.2 Å². The summed E-state index contributed by atoms with van der Waals surface area (Å²) < 4.78 is 14.8. The molecule has 1 aliphatic rings. The lowest BCUT2D eigenvalue weighted by Gasteiger charge is -2.11. The Morgan fingerprint density at radius 3 is 2.81 bits per heavy atom.